The molecule has 0 atom stereocenters. The summed E-state index contributed by atoms with van der Waals surface area (Å²) in [7, 11) is 0. The predicted octanol–water partition coefficient (Wildman–Crippen LogP) is 0.557. The molecule has 1 heterocycles. The molecular weight excluding hydrogens is 266 g/mol. The van der Waals surface area contributed by atoms with Gasteiger partial charge in [-0.15, -0.1) is 0 Å². The van der Waals surface area contributed by atoms with E-state index in [1.165, 1.54) is 5.56 Å². The quantitative estimate of drug-likeness (QED) is 0.629. The minimum Gasteiger partial charge on any atom is -0.348 e. The van der Waals surface area contributed by atoms with E-state index >= 15 is 0 Å². The fraction of sp³-hybridized carbons (Fsp3) is 0.500. The first kappa shape index (κ1) is 15.5. The predicted molar refractivity (Wildman–Crippen MR) is 81.8 cm³/mol. The number of amides is 2. The molecule has 0 aliphatic carbocycles. The summed E-state index contributed by atoms with van der Waals surface area (Å²) in [6, 6.07) is 10.1. The van der Waals surface area contributed by atoms with E-state index in [2.05, 4.69) is 22.8 Å². The molecule has 21 heavy (non-hydrogen) atoms. The maximum absolute atomic E-state index is 12.0. The van der Waals surface area contributed by atoms with E-state index in [4.69, 9.17) is 0 Å². The molecule has 1 saturated heterocycles. The topological polar surface area (TPSA) is 61.4 Å². The normalized spacial score (nSPS) is 15.3. The van der Waals surface area contributed by atoms with E-state index in [1.807, 2.05) is 18.2 Å². The van der Waals surface area contributed by atoms with E-state index in [1.54, 1.807) is 4.90 Å². The maximum atomic E-state index is 12.0. The van der Waals surface area contributed by atoms with Crippen molar-refractivity contribution in [1.82, 2.24) is 15.5 Å². The zero-order valence-electron chi connectivity index (χ0n) is 12.3. The van der Waals surface area contributed by atoms with Crippen LogP contribution in [0.25, 0.3) is 0 Å². The van der Waals surface area contributed by atoms with Crippen molar-refractivity contribution >= 4 is 11.8 Å². The fourth-order valence-electron chi connectivity index (χ4n) is 2.41. The Morgan fingerprint density at radius 2 is 1.95 bits per heavy atom. The lowest BCUT2D eigenvalue weighted by Crippen LogP contribution is -2.44. The van der Waals surface area contributed by atoms with E-state index in [0.29, 0.717) is 19.6 Å². The number of hydrogen-bond donors (Lipinski definition) is 2. The van der Waals surface area contributed by atoms with Crippen LogP contribution in [0.3, 0.4) is 0 Å². The second-order valence-corrected chi connectivity index (χ2v) is 5.24. The summed E-state index contributed by atoms with van der Waals surface area (Å²) in [6.07, 6.45) is 2.64. The van der Waals surface area contributed by atoms with Gasteiger partial charge in [0.2, 0.25) is 0 Å². The molecule has 1 aromatic rings. The first-order chi connectivity index (χ1) is 10.3. The summed E-state index contributed by atoms with van der Waals surface area (Å²) in [6.45, 7) is 3.46. The van der Waals surface area contributed by atoms with Gasteiger partial charge in [-0.05, 0) is 31.4 Å². The minimum atomic E-state index is -0.482. The Morgan fingerprint density at radius 1 is 1.14 bits per heavy atom. The van der Waals surface area contributed by atoms with Gasteiger partial charge in [-0.25, -0.2) is 0 Å². The molecule has 0 bridgehead atoms. The van der Waals surface area contributed by atoms with Crippen LogP contribution in [0.1, 0.15) is 18.4 Å². The van der Waals surface area contributed by atoms with Crippen LogP contribution in [0.5, 0.6) is 0 Å². The van der Waals surface area contributed by atoms with Crippen LogP contribution in [0.4, 0.5) is 0 Å². The first-order valence-corrected chi connectivity index (χ1v) is 7.59. The molecule has 0 radical (unpaired) electrons. The van der Waals surface area contributed by atoms with Crippen LogP contribution in [-0.2, 0) is 16.0 Å². The Balaban J connectivity index is 1.67. The molecule has 1 aliphatic rings. The molecule has 5 nitrogen and oxygen atoms in total. The largest absolute Gasteiger partial charge is 0.348 e. The lowest BCUT2D eigenvalue weighted by molar-refractivity contribution is -0.145. The molecule has 5 heteroatoms. The third kappa shape index (κ3) is 5.19. The van der Waals surface area contributed by atoms with E-state index in [9.17, 15) is 9.59 Å². The maximum Gasteiger partial charge on any atom is 0.311 e. The number of carbonyl (C=O) groups excluding carboxylic acids is 2. The van der Waals surface area contributed by atoms with E-state index < -0.39 is 11.8 Å². The zero-order chi connectivity index (χ0) is 14.9. The monoisotopic (exact) mass is 289 g/mol. The number of benzene rings is 1. The van der Waals surface area contributed by atoms with Gasteiger partial charge >= 0.3 is 11.8 Å². The molecule has 0 spiro atoms. The standard InChI is InChI=1S/C16H23N3O2/c20-15(16(21)19-12-5-9-17-11-13-19)18-10-4-8-14-6-2-1-3-7-14/h1-3,6-7,17H,4-5,8-13H2,(H,18,20). The third-order valence-electron chi connectivity index (χ3n) is 3.59. The van der Waals surface area contributed by atoms with Crippen molar-refractivity contribution in [3.8, 4) is 0 Å². The van der Waals surface area contributed by atoms with E-state index in [-0.39, 0.29) is 0 Å². The first-order valence-electron chi connectivity index (χ1n) is 7.59. The van der Waals surface area contributed by atoms with Crippen LogP contribution in [0.2, 0.25) is 0 Å². The van der Waals surface area contributed by atoms with Gasteiger partial charge < -0.3 is 15.5 Å². The molecule has 2 N–H and O–H groups in total. The number of rotatable bonds is 4. The van der Waals surface area contributed by atoms with Crippen molar-refractivity contribution in [3.63, 3.8) is 0 Å². The van der Waals surface area contributed by atoms with Crippen molar-refractivity contribution in [2.75, 3.05) is 32.7 Å². The summed E-state index contributed by atoms with van der Waals surface area (Å²) in [5, 5.41) is 5.94. The highest BCUT2D eigenvalue weighted by molar-refractivity contribution is 6.35. The average molecular weight is 289 g/mol. The van der Waals surface area contributed by atoms with Gasteiger partial charge in [0.15, 0.2) is 0 Å². The Labute approximate surface area is 125 Å². The lowest BCUT2D eigenvalue weighted by atomic mass is 10.1. The number of hydrogen-bond acceptors (Lipinski definition) is 3. The van der Waals surface area contributed by atoms with Gasteiger partial charge in [-0.3, -0.25) is 9.59 Å². The van der Waals surface area contributed by atoms with Crippen molar-refractivity contribution in [1.29, 1.82) is 0 Å². The molecule has 1 aromatic carbocycles. The van der Waals surface area contributed by atoms with Crippen molar-refractivity contribution in [3.05, 3.63) is 35.9 Å². The van der Waals surface area contributed by atoms with Crippen molar-refractivity contribution in [2.45, 2.75) is 19.3 Å². The SMILES string of the molecule is O=C(NCCCc1ccccc1)C(=O)N1CCCNCC1. The molecule has 1 fully saturated rings. The van der Waals surface area contributed by atoms with Gasteiger partial charge in [0, 0.05) is 26.2 Å². The second kappa shape index (κ2) is 8.42. The highest BCUT2D eigenvalue weighted by Gasteiger charge is 2.21. The molecule has 0 saturated carbocycles. The van der Waals surface area contributed by atoms with Crippen LogP contribution >= 0.6 is 0 Å². The molecule has 0 aromatic heterocycles. The molecular formula is C16H23N3O2. The van der Waals surface area contributed by atoms with Crippen LogP contribution < -0.4 is 10.6 Å². The minimum absolute atomic E-state index is 0.404. The fourth-order valence-corrected chi connectivity index (χ4v) is 2.41. The van der Waals surface area contributed by atoms with Gasteiger partial charge in [0.1, 0.15) is 0 Å². The summed E-state index contributed by atoms with van der Waals surface area (Å²) < 4.78 is 0. The van der Waals surface area contributed by atoms with Gasteiger partial charge in [0.05, 0.1) is 0 Å². The summed E-state index contributed by atoms with van der Waals surface area (Å²) >= 11 is 0. The van der Waals surface area contributed by atoms with E-state index in [0.717, 1.165) is 32.4 Å². The molecule has 114 valence electrons. The highest BCUT2D eigenvalue weighted by atomic mass is 16.2. The summed E-state index contributed by atoms with van der Waals surface area (Å²) in [5.74, 6) is -0.886. The van der Waals surface area contributed by atoms with Crippen molar-refractivity contribution in [2.24, 2.45) is 0 Å². The van der Waals surface area contributed by atoms with Crippen LogP contribution in [0.15, 0.2) is 30.3 Å². The average Bonchev–Trinajstić information content (AvgIpc) is 2.81. The molecule has 0 unspecified atom stereocenters. The highest BCUT2D eigenvalue weighted by Crippen LogP contribution is 2.01. The lowest BCUT2D eigenvalue weighted by Gasteiger charge is -2.19. The summed E-state index contributed by atoms with van der Waals surface area (Å²) in [4.78, 5) is 25.5. The zero-order valence-corrected chi connectivity index (χ0v) is 12.3. The number of carbonyl (C=O) groups is 2. The van der Waals surface area contributed by atoms with Crippen LogP contribution in [0, 0.1) is 0 Å². The molecule has 2 amide bonds. The molecule has 1 aliphatic heterocycles. The van der Waals surface area contributed by atoms with Crippen molar-refractivity contribution < 1.29 is 9.59 Å². The number of nitrogens with one attached hydrogen (secondary N) is 2. The Morgan fingerprint density at radius 3 is 2.76 bits per heavy atom. The third-order valence-corrected chi connectivity index (χ3v) is 3.59. The Kier molecular flexibility index (Phi) is 6.22. The van der Waals surface area contributed by atoms with Gasteiger partial charge in [-0.1, -0.05) is 30.3 Å². The molecule has 2 rings (SSSR count). The second-order valence-electron chi connectivity index (χ2n) is 5.24. The van der Waals surface area contributed by atoms with Gasteiger partial charge in [0.25, 0.3) is 0 Å². The van der Waals surface area contributed by atoms with Gasteiger partial charge in [-0.2, -0.15) is 0 Å². The Bertz CT molecular complexity index is 454. The smallest absolute Gasteiger partial charge is 0.311 e. The number of nitrogens with zero attached hydrogens (tertiary/aromatic N) is 1. The van der Waals surface area contributed by atoms with Crippen LogP contribution in [-0.4, -0.2) is 49.4 Å². The summed E-state index contributed by atoms with van der Waals surface area (Å²) in [5.41, 5.74) is 1.25. The Hall–Kier alpha value is -1.88. The number of aryl methyl sites for hydroxylation is 1.